The Bertz CT molecular complexity index is 947. The first-order valence-electron chi connectivity index (χ1n) is 9.93. The van der Waals surface area contributed by atoms with Gasteiger partial charge in [0.15, 0.2) is 0 Å². The first kappa shape index (κ1) is 21.8. The first-order valence-corrected chi connectivity index (χ1v) is 10.7. The second kappa shape index (κ2) is 9.75. The highest BCUT2D eigenvalue weighted by molar-refractivity contribution is 7.19. The van der Waals surface area contributed by atoms with Gasteiger partial charge in [0.2, 0.25) is 5.91 Å². The number of thiophene rings is 1. The van der Waals surface area contributed by atoms with Crippen LogP contribution in [0.3, 0.4) is 0 Å². The van der Waals surface area contributed by atoms with Crippen LogP contribution in [0.4, 0.5) is 10.7 Å². The summed E-state index contributed by atoms with van der Waals surface area (Å²) in [5.74, 6) is -0.626. The lowest BCUT2D eigenvalue weighted by molar-refractivity contribution is -0.120. The van der Waals surface area contributed by atoms with Crippen LogP contribution in [-0.4, -0.2) is 32.0 Å². The molecule has 2 aromatic rings. The zero-order chi connectivity index (χ0) is 21.7. The van der Waals surface area contributed by atoms with E-state index in [9.17, 15) is 14.4 Å². The fraction of sp³-hybridized carbons (Fsp3) is 0.409. The molecule has 1 aliphatic rings. The van der Waals surface area contributed by atoms with Gasteiger partial charge < -0.3 is 20.1 Å². The summed E-state index contributed by atoms with van der Waals surface area (Å²) in [6, 6.07) is 7.06. The lowest BCUT2D eigenvalue weighted by Crippen LogP contribution is -2.25. The smallest absolute Gasteiger partial charge is 0.341 e. The quantitative estimate of drug-likeness (QED) is 0.652. The molecule has 2 N–H and O–H groups in total. The normalized spacial score (nSPS) is 14.1. The molecule has 1 aromatic carbocycles. The Hall–Kier alpha value is -2.87. The number of methoxy groups -OCH3 is 2. The van der Waals surface area contributed by atoms with E-state index < -0.39 is 5.97 Å². The van der Waals surface area contributed by atoms with Gasteiger partial charge >= 0.3 is 5.97 Å². The maximum atomic E-state index is 12.9. The highest BCUT2D eigenvalue weighted by atomic mass is 32.1. The number of hydrogen-bond donors (Lipinski definition) is 2. The number of amides is 2. The molecule has 0 radical (unpaired) electrons. The van der Waals surface area contributed by atoms with Gasteiger partial charge in [-0.05, 0) is 37.5 Å². The van der Waals surface area contributed by atoms with E-state index in [4.69, 9.17) is 9.47 Å². The van der Waals surface area contributed by atoms with Gasteiger partial charge in [-0.2, -0.15) is 0 Å². The Balaban J connectivity index is 1.88. The van der Waals surface area contributed by atoms with Crippen molar-refractivity contribution in [3.8, 4) is 5.75 Å². The SMILES string of the molecule is COC(=O)c1c(NC(=O)C2CCCCC2)sc(C(=O)Nc2ccccc2OC)c1C. The molecule has 1 aliphatic carbocycles. The maximum Gasteiger partial charge on any atom is 0.341 e. The number of anilines is 2. The van der Waals surface area contributed by atoms with Gasteiger partial charge in [0.05, 0.1) is 30.3 Å². The van der Waals surface area contributed by atoms with Crippen LogP contribution >= 0.6 is 11.3 Å². The molecule has 1 fully saturated rings. The molecule has 0 spiro atoms. The van der Waals surface area contributed by atoms with Crippen LogP contribution in [0.15, 0.2) is 24.3 Å². The average Bonchev–Trinajstić information content (AvgIpc) is 3.09. The summed E-state index contributed by atoms with van der Waals surface area (Å²) in [6.45, 7) is 1.68. The van der Waals surface area contributed by atoms with Crippen LogP contribution in [0.1, 0.15) is 57.7 Å². The Morgan fingerprint density at radius 1 is 1.03 bits per heavy atom. The van der Waals surface area contributed by atoms with Crippen molar-refractivity contribution in [2.45, 2.75) is 39.0 Å². The molecule has 0 unspecified atom stereocenters. The predicted molar refractivity (Wildman–Crippen MR) is 117 cm³/mol. The molecule has 0 atom stereocenters. The van der Waals surface area contributed by atoms with E-state index in [-0.39, 0.29) is 23.3 Å². The minimum Gasteiger partial charge on any atom is -0.495 e. The van der Waals surface area contributed by atoms with Gasteiger partial charge in [-0.15, -0.1) is 11.3 Å². The Kier molecular flexibility index (Phi) is 7.10. The van der Waals surface area contributed by atoms with E-state index in [1.165, 1.54) is 14.2 Å². The van der Waals surface area contributed by atoms with Crippen molar-refractivity contribution in [3.05, 3.63) is 40.3 Å². The molecule has 1 aromatic heterocycles. The van der Waals surface area contributed by atoms with Crippen LogP contribution in [0, 0.1) is 12.8 Å². The molecule has 8 heteroatoms. The number of para-hydroxylation sites is 2. The summed E-state index contributed by atoms with van der Waals surface area (Å²) in [5, 5.41) is 6.03. The minimum atomic E-state index is -0.584. The molecular formula is C22H26N2O5S. The van der Waals surface area contributed by atoms with Crippen molar-refractivity contribution in [2.75, 3.05) is 24.9 Å². The summed E-state index contributed by atoms with van der Waals surface area (Å²) < 4.78 is 10.2. The van der Waals surface area contributed by atoms with Crippen molar-refractivity contribution < 1.29 is 23.9 Å². The molecule has 0 saturated heterocycles. The molecule has 0 aliphatic heterocycles. The van der Waals surface area contributed by atoms with Crippen molar-refractivity contribution in [1.82, 2.24) is 0 Å². The number of nitrogens with one attached hydrogen (secondary N) is 2. The maximum absolute atomic E-state index is 12.9. The third-order valence-corrected chi connectivity index (χ3v) is 6.52. The van der Waals surface area contributed by atoms with E-state index in [0.29, 0.717) is 26.9 Å². The number of ether oxygens (including phenoxy) is 2. The number of rotatable bonds is 6. The largest absolute Gasteiger partial charge is 0.495 e. The number of benzene rings is 1. The summed E-state index contributed by atoms with van der Waals surface area (Å²) in [7, 11) is 2.80. The van der Waals surface area contributed by atoms with E-state index in [0.717, 1.165) is 43.4 Å². The first-order chi connectivity index (χ1) is 14.5. The summed E-state index contributed by atoms with van der Waals surface area (Å²) in [4.78, 5) is 38.4. The molecule has 1 saturated carbocycles. The Labute approximate surface area is 179 Å². The summed E-state index contributed by atoms with van der Waals surface area (Å²) >= 11 is 1.08. The molecule has 2 amide bonds. The van der Waals surface area contributed by atoms with E-state index in [1.54, 1.807) is 31.2 Å². The fourth-order valence-electron chi connectivity index (χ4n) is 3.67. The Morgan fingerprint density at radius 2 is 1.73 bits per heavy atom. The summed E-state index contributed by atoms with van der Waals surface area (Å²) in [6.07, 6.45) is 4.87. The number of esters is 1. The molecule has 3 rings (SSSR count). The monoisotopic (exact) mass is 430 g/mol. The topological polar surface area (TPSA) is 93.7 Å². The summed E-state index contributed by atoms with van der Waals surface area (Å²) in [5.41, 5.74) is 1.21. The van der Waals surface area contributed by atoms with Crippen molar-refractivity contribution >= 4 is 39.8 Å². The van der Waals surface area contributed by atoms with Crippen LogP contribution in [0.25, 0.3) is 0 Å². The van der Waals surface area contributed by atoms with Gasteiger partial charge in [-0.25, -0.2) is 4.79 Å². The highest BCUT2D eigenvalue weighted by Gasteiger charge is 2.29. The molecule has 0 bridgehead atoms. The van der Waals surface area contributed by atoms with Gasteiger partial charge in [-0.1, -0.05) is 31.4 Å². The zero-order valence-corrected chi connectivity index (χ0v) is 18.2. The number of carbonyl (C=O) groups is 3. The number of carbonyl (C=O) groups excluding carboxylic acids is 3. The van der Waals surface area contributed by atoms with E-state index >= 15 is 0 Å². The van der Waals surface area contributed by atoms with Gasteiger partial charge in [0.1, 0.15) is 10.8 Å². The second-order valence-electron chi connectivity index (χ2n) is 7.23. The predicted octanol–water partition coefficient (Wildman–Crippen LogP) is 4.62. The molecular weight excluding hydrogens is 404 g/mol. The lowest BCUT2D eigenvalue weighted by Gasteiger charge is -2.20. The molecule has 1 heterocycles. The van der Waals surface area contributed by atoms with Gasteiger partial charge in [0, 0.05) is 5.92 Å². The van der Waals surface area contributed by atoms with Crippen LogP contribution in [-0.2, 0) is 9.53 Å². The Morgan fingerprint density at radius 3 is 2.40 bits per heavy atom. The zero-order valence-electron chi connectivity index (χ0n) is 17.4. The standard InChI is InChI=1S/C22H26N2O5S/c1-13-17(22(27)29-3)21(24-19(25)14-9-5-4-6-10-14)30-18(13)20(26)23-15-11-7-8-12-16(15)28-2/h7-8,11-12,14H,4-6,9-10H2,1-3H3,(H,23,26)(H,24,25). The second-order valence-corrected chi connectivity index (χ2v) is 8.25. The molecule has 7 nitrogen and oxygen atoms in total. The van der Waals surface area contributed by atoms with Crippen LogP contribution in [0.5, 0.6) is 5.75 Å². The lowest BCUT2D eigenvalue weighted by atomic mass is 9.89. The van der Waals surface area contributed by atoms with Crippen molar-refractivity contribution in [2.24, 2.45) is 5.92 Å². The number of hydrogen-bond acceptors (Lipinski definition) is 6. The van der Waals surface area contributed by atoms with Gasteiger partial charge in [-0.3, -0.25) is 9.59 Å². The van der Waals surface area contributed by atoms with Crippen molar-refractivity contribution in [3.63, 3.8) is 0 Å². The van der Waals surface area contributed by atoms with Crippen molar-refractivity contribution in [1.29, 1.82) is 0 Å². The third kappa shape index (κ3) is 4.64. The average molecular weight is 431 g/mol. The third-order valence-electron chi connectivity index (χ3n) is 5.31. The minimum absolute atomic E-state index is 0.0718. The van der Waals surface area contributed by atoms with Crippen LogP contribution < -0.4 is 15.4 Å². The van der Waals surface area contributed by atoms with Crippen LogP contribution in [0.2, 0.25) is 0 Å². The highest BCUT2D eigenvalue weighted by Crippen LogP contribution is 2.36. The van der Waals surface area contributed by atoms with E-state index in [2.05, 4.69) is 10.6 Å². The molecule has 160 valence electrons. The van der Waals surface area contributed by atoms with Gasteiger partial charge in [0.25, 0.3) is 5.91 Å². The molecule has 30 heavy (non-hydrogen) atoms. The van der Waals surface area contributed by atoms with E-state index in [1.807, 2.05) is 0 Å². The fourth-order valence-corrected chi connectivity index (χ4v) is 4.76.